The van der Waals surface area contributed by atoms with E-state index in [0.29, 0.717) is 6.54 Å². The van der Waals surface area contributed by atoms with Crippen LogP contribution in [0.25, 0.3) is 0 Å². The number of likely N-dealkylation sites (tertiary alicyclic amines) is 1. The maximum Gasteiger partial charge on any atom is 0.233 e. The Labute approximate surface area is 160 Å². The number of benzene rings is 1. The maximum absolute atomic E-state index is 12.5. The number of imide groups is 1. The summed E-state index contributed by atoms with van der Waals surface area (Å²) >= 11 is 0. The predicted octanol–water partition coefficient (Wildman–Crippen LogP) is 0.554. The first-order valence-electron chi connectivity index (χ1n) is 9.96. The van der Waals surface area contributed by atoms with Crippen LogP contribution in [0, 0.1) is 11.8 Å². The van der Waals surface area contributed by atoms with E-state index >= 15 is 0 Å². The molecule has 1 aromatic carbocycles. The number of carbonyl (C=O) groups is 3. The highest BCUT2D eigenvalue weighted by molar-refractivity contribution is 6.05. The van der Waals surface area contributed by atoms with Crippen molar-refractivity contribution in [2.75, 3.05) is 27.2 Å². The Hall–Kier alpha value is -2.21. The van der Waals surface area contributed by atoms with E-state index in [4.69, 9.17) is 0 Å². The third-order valence-electron chi connectivity index (χ3n) is 5.90. The van der Waals surface area contributed by atoms with Crippen molar-refractivity contribution in [1.29, 1.82) is 0 Å². The molecule has 1 aliphatic heterocycles. The molecule has 1 aliphatic carbocycles. The van der Waals surface area contributed by atoms with Crippen molar-refractivity contribution < 1.29 is 19.3 Å². The quantitative estimate of drug-likeness (QED) is 0.687. The van der Waals surface area contributed by atoms with Crippen molar-refractivity contribution in [1.82, 2.24) is 10.2 Å². The van der Waals surface area contributed by atoms with Gasteiger partial charge in [-0.2, -0.15) is 0 Å². The lowest BCUT2D eigenvalue weighted by molar-refractivity contribution is -0.890. The van der Waals surface area contributed by atoms with Crippen molar-refractivity contribution in [3.63, 3.8) is 0 Å². The molecule has 3 amide bonds. The van der Waals surface area contributed by atoms with Crippen molar-refractivity contribution in [3.8, 4) is 0 Å². The van der Waals surface area contributed by atoms with Crippen LogP contribution < -0.4 is 10.2 Å². The summed E-state index contributed by atoms with van der Waals surface area (Å²) in [5.74, 6) is -0.550. The summed E-state index contributed by atoms with van der Waals surface area (Å²) < 4.78 is 0. The number of fused-ring (bicyclic) bond motifs is 1. The Morgan fingerprint density at radius 3 is 2.26 bits per heavy atom. The SMILES string of the molecule is C[NH+](C)[C@@H](CNC(=O)CCN1C(=O)[C@H]2CCCC[C@H]2C1=O)c1ccccc1. The number of hydrogen-bond donors (Lipinski definition) is 2. The number of quaternary nitrogens is 1. The van der Waals surface area contributed by atoms with Crippen molar-refractivity contribution in [2.24, 2.45) is 11.8 Å². The van der Waals surface area contributed by atoms with Gasteiger partial charge >= 0.3 is 0 Å². The minimum atomic E-state index is -0.144. The second kappa shape index (κ2) is 8.65. The van der Waals surface area contributed by atoms with Crippen LogP contribution in [0.4, 0.5) is 0 Å². The van der Waals surface area contributed by atoms with Crippen LogP contribution in [0.15, 0.2) is 30.3 Å². The standard InChI is InChI=1S/C21H29N3O3/c1-23(2)18(15-8-4-3-5-9-15)14-22-19(25)12-13-24-20(26)16-10-6-7-11-17(16)21(24)27/h3-5,8-9,16-18H,6-7,10-14H2,1-2H3,(H,22,25)/p+1/t16-,17+,18-/m0/s1. The van der Waals surface area contributed by atoms with Gasteiger partial charge in [-0.25, -0.2) is 0 Å². The summed E-state index contributed by atoms with van der Waals surface area (Å²) in [6.45, 7) is 0.722. The summed E-state index contributed by atoms with van der Waals surface area (Å²) in [6.07, 6.45) is 3.82. The van der Waals surface area contributed by atoms with Gasteiger partial charge in [0.05, 0.1) is 32.5 Å². The molecule has 1 heterocycles. The minimum Gasteiger partial charge on any atom is -0.350 e. The fraction of sp³-hybridized carbons (Fsp3) is 0.571. The van der Waals surface area contributed by atoms with Crippen molar-refractivity contribution >= 4 is 17.7 Å². The molecular formula is C21H30N3O3+. The third-order valence-corrected chi connectivity index (χ3v) is 5.90. The Morgan fingerprint density at radius 1 is 1.11 bits per heavy atom. The van der Waals surface area contributed by atoms with Crippen LogP contribution in [0.5, 0.6) is 0 Å². The molecule has 3 atom stereocenters. The van der Waals surface area contributed by atoms with Crippen LogP contribution >= 0.6 is 0 Å². The zero-order valence-corrected chi connectivity index (χ0v) is 16.2. The van der Waals surface area contributed by atoms with Gasteiger partial charge in [0.2, 0.25) is 17.7 Å². The summed E-state index contributed by atoms with van der Waals surface area (Å²) in [5.41, 5.74) is 1.17. The van der Waals surface area contributed by atoms with Gasteiger partial charge in [-0.15, -0.1) is 0 Å². The number of amides is 3. The number of likely N-dealkylation sites (N-methyl/N-ethyl adjacent to an activating group) is 1. The van der Waals surface area contributed by atoms with E-state index < -0.39 is 0 Å². The highest BCUT2D eigenvalue weighted by Gasteiger charge is 2.47. The molecule has 3 rings (SSSR count). The number of nitrogens with one attached hydrogen (secondary N) is 2. The number of carbonyl (C=O) groups excluding carboxylic acids is 3. The first-order chi connectivity index (χ1) is 13.0. The Bertz CT molecular complexity index is 665. The molecule has 27 heavy (non-hydrogen) atoms. The fourth-order valence-electron chi connectivity index (χ4n) is 4.31. The van der Waals surface area contributed by atoms with E-state index in [-0.39, 0.29) is 48.6 Å². The molecule has 6 nitrogen and oxygen atoms in total. The molecule has 0 spiro atoms. The fourth-order valence-corrected chi connectivity index (χ4v) is 4.31. The Morgan fingerprint density at radius 2 is 1.70 bits per heavy atom. The van der Waals surface area contributed by atoms with Gasteiger partial charge in [0, 0.05) is 18.5 Å². The average molecular weight is 372 g/mol. The van der Waals surface area contributed by atoms with Crippen LogP contribution in [-0.2, 0) is 14.4 Å². The Kier molecular flexibility index (Phi) is 6.26. The molecule has 1 saturated heterocycles. The van der Waals surface area contributed by atoms with Gasteiger partial charge < -0.3 is 10.2 Å². The summed E-state index contributed by atoms with van der Waals surface area (Å²) in [7, 11) is 4.13. The zero-order valence-electron chi connectivity index (χ0n) is 16.2. The van der Waals surface area contributed by atoms with Gasteiger partial charge in [-0.05, 0) is 12.8 Å². The van der Waals surface area contributed by atoms with Crippen LogP contribution in [-0.4, -0.2) is 49.8 Å². The minimum absolute atomic E-state index is 0.0719. The molecule has 0 aromatic heterocycles. The Balaban J connectivity index is 1.51. The van der Waals surface area contributed by atoms with E-state index in [1.54, 1.807) is 0 Å². The number of nitrogens with zero attached hydrogens (tertiary/aromatic N) is 1. The molecule has 1 saturated carbocycles. The largest absolute Gasteiger partial charge is 0.350 e. The second-order valence-corrected chi connectivity index (χ2v) is 7.92. The van der Waals surface area contributed by atoms with E-state index in [9.17, 15) is 14.4 Å². The van der Waals surface area contributed by atoms with E-state index in [1.165, 1.54) is 15.4 Å². The highest BCUT2D eigenvalue weighted by atomic mass is 16.2. The van der Waals surface area contributed by atoms with Crippen LogP contribution in [0.3, 0.4) is 0 Å². The summed E-state index contributed by atoms with van der Waals surface area (Å²) in [5, 5.41) is 2.97. The molecule has 1 aromatic rings. The lowest BCUT2D eigenvalue weighted by atomic mass is 9.81. The van der Waals surface area contributed by atoms with Gasteiger partial charge in [-0.1, -0.05) is 43.2 Å². The van der Waals surface area contributed by atoms with E-state index in [1.807, 2.05) is 18.2 Å². The predicted molar refractivity (Wildman–Crippen MR) is 102 cm³/mol. The van der Waals surface area contributed by atoms with Crippen LogP contribution in [0.2, 0.25) is 0 Å². The van der Waals surface area contributed by atoms with Gasteiger partial charge in [-0.3, -0.25) is 19.3 Å². The maximum atomic E-state index is 12.5. The molecule has 2 N–H and O–H groups in total. The molecule has 2 aliphatic rings. The molecule has 0 bridgehead atoms. The smallest absolute Gasteiger partial charge is 0.233 e. The number of rotatable bonds is 7. The van der Waals surface area contributed by atoms with Gasteiger partial charge in [0.15, 0.2) is 0 Å². The molecule has 146 valence electrons. The highest BCUT2D eigenvalue weighted by Crippen LogP contribution is 2.37. The normalized spacial score (nSPS) is 23.4. The first-order valence-corrected chi connectivity index (χ1v) is 9.96. The van der Waals surface area contributed by atoms with E-state index in [0.717, 1.165) is 25.7 Å². The first kappa shape index (κ1) is 19.5. The van der Waals surface area contributed by atoms with Gasteiger partial charge in [0.25, 0.3) is 0 Å². The average Bonchev–Trinajstić information content (AvgIpc) is 2.91. The van der Waals surface area contributed by atoms with Crippen molar-refractivity contribution in [2.45, 2.75) is 38.1 Å². The lowest BCUT2D eigenvalue weighted by Gasteiger charge is -2.22. The van der Waals surface area contributed by atoms with E-state index in [2.05, 4.69) is 31.5 Å². The molecule has 6 heteroatoms. The third kappa shape index (κ3) is 4.38. The van der Waals surface area contributed by atoms with Crippen molar-refractivity contribution in [3.05, 3.63) is 35.9 Å². The molecular weight excluding hydrogens is 342 g/mol. The zero-order chi connectivity index (χ0) is 19.4. The molecule has 0 radical (unpaired) electrons. The van der Waals surface area contributed by atoms with Gasteiger partial charge in [0.1, 0.15) is 6.04 Å². The second-order valence-electron chi connectivity index (χ2n) is 7.92. The van der Waals surface area contributed by atoms with Crippen LogP contribution in [0.1, 0.15) is 43.7 Å². The monoisotopic (exact) mass is 372 g/mol. The summed E-state index contributed by atoms with van der Waals surface area (Å²) in [4.78, 5) is 39.8. The lowest BCUT2D eigenvalue weighted by Crippen LogP contribution is -3.07. The molecule has 0 unspecified atom stereocenters. The number of hydrogen-bond acceptors (Lipinski definition) is 3. The molecule has 2 fully saturated rings. The summed E-state index contributed by atoms with van der Waals surface area (Å²) in [6, 6.07) is 10.3. The topological polar surface area (TPSA) is 70.9 Å².